The Balaban J connectivity index is 2.31. The number of rotatable bonds is 2. The van der Waals surface area contributed by atoms with Gasteiger partial charge in [0.1, 0.15) is 5.82 Å². The lowest BCUT2D eigenvalue weighted by molar-refractivity contribution is 1.33. The fraction of sp³-hybridized carbons (Fsp3) is 0. The number of anilines is 3. The highest BCUT2D eigenvalue weighted by Gasteiger charge is 2.03. The number of nitrogens with zero attached hydrogens (tertiary/aromatic N) is 1. The predicted molar refractivity (Wildman–Crippen MR) is 71.1 cm³/mol. The lowest BCUT2D eigenvalue weighted by Gasteiger charge is -2.09. The predicted octanol–water partition coefficient (Wildman–Crippen LogP) is 3.82. The van der Waals surface area contributed by atoms with Crippen molar-refractivity contribution in [1.29, 1.82) is 0 Å². The third-order valence-corrected chi connectivity index (χ3v) is 2.84. The van der Waals surface area contributed by atoms with E-state index in [1.165, 1.54) is 0 Å². The van der Waals surface area contributed by atoms with Gasteiger partial charge in [-0.2, -0.15) is 0 Å². The number of nitrogens with one attached hydrogen (secondary N) is 1. The molecule has 1 aromatic heterocycles. The number of hydrogen-bond acceptors (Lipinski definition) is 3. The minimum Gasteiger partial charge on any atom is -0.382 e. The second-order valence-corrected chi connectivity index (χ2v) is 4.51. The molecule has 2 aromatic rings. The third-order valence-electron chi connectivity index (χ3n) is 2.04. The van der Waals surface area contributed by atoms with Crippen molar-refractivity contribution in [3.05, 3.63) is 46.0 Å². The van der Waals surface area contributed by atoms with Crippen LogP contribution in [0.15, 0.2) is 41.0 Å². The fourth-order valence-electron chi connectivity index (χ4n) is 1.26. The standard InChI is InChI=1S/C11H9BrClN3/c12-7-3-4-9(8(13)6-7)16-10-2-1-5-15-11(10)14/h1-6,16H,(H2,14,15). The Morgan fingerprint density at radius 3 is 2.75 bits per heavy atom. The van der Waals surface area contributed by atoms with E-state index >= 15 is 0 Å². The van der Waals surface area contributed by atoms with Crippen molar-refractivity contribution in [2.45, 2.75) is 0 Å². The molecule has 0 saturated heterocycles. The molecule has 0 amide bonds. The Morgan fingerprint density at radius 1 is 1.25 bits per heavy atom. The lowest BCUT2D eigenvalue weighted by atomic mass is 10.3. The maximum atomic E-state index is 6.08. The van der Waals surface area contributed by atoms with E-state index in [4.69, 9.17) is 17.3 Å². The van der Waals surface area contributed by atoms with Crippen molar-refractivity contribution in [3.8, 4) is 0 Å². The number of nitrogens with two attached hydrogens (primary N) is 1. The molecule has 0 atom stereocenters. The Bertz CT molecular complexity index is 516. The van der Waals surface area contributed by atoms with Crippen molar-refractivity contribution in [2.75, 3.05) is 11.1 Å². The topological polar surface area (TPSA) is 50.9 Å². The number of pyridine rings is 1. The average Bonchev–Trinajstić information content (AvgIpc) is 2.25. The summed E-state index contributed by atoms with van der Waals surface area (Å²) >= 11 is 9.42. The van der Waals surface area contributed by atoms with Gasteiger partial charge in [0.25, 0.3) is 0 Å². The van der Waals surface area contributed by atoms with Gasteiger partial charge in [-0.25, -0.2) is 4.98 Å². The molecular weight excluding hydrogens is 289 g/mol. The molecule has 0 saturated carbocycles. The molecule has 1 heterocycles. The van der Waals surface area contributed by atoms with Gasteiger partial charge in [-0.1, -0.05) is 27.5 Å². The van der Waals surface area contributed by atoms with E-state index in [1.54, 1.807) is 6.20 Å². The number of benzene rings is 1. The molecule has 0 unspecified atom stereocenters. The minimum atomic E-state index is 0.446. The minimum absolute atomic E-state index is 0.446. The van der Waals surface area contributed by atoms with E-state index in [0.717, 1.165) is 15.8 Å². The summed E-state index contributed by atoms with van der Waals surface area (Å²) in [6.07, 6.45) is 1.64. The van der Waals surface area contributed by atoms with Crippen molar-refractivity contribution in [1.82, 2.24) is 4.98 Å². The highest BCUT2D eigenvalue weighted by Crippen LogP contribution is 2.29. The molecule has 82 valence electrons. The lowest BCUT2D eigenvalue weighted by Crippen LogP contribution is -1.98. The summed E-state index contributed by atoms with van der Waals surface area (Å²) in [7, 11) is 0. The van der Waals surface area contributed by atoms with E-state index in [-0.39, 0.29) is 0 Å². The van der Waals surface area contributed by atoms with Crippen LogP contribution in [0.5, 0.6) is 0 Å². The summed E-state index contributed by atoms with van der Waals surface area (Å²) in [6.45, 7) is 0. The van der Waals surface area contributed by atoms with Crippen molar-refractivity contribution in [2.24, 2.45) is 0 Å². The van der Waals surface area contributed by atoms with Crippen LogP contribution in [0.4, 0.5) is 17.2 Å². The van der Waals surface area contributed by atoms with E-state index in [0.29, 0.717) is 10.8 Å². The van der Waals surface area contributed by atoms with Crippen molar-refractivity contribution in [3.63, 3.8) is 0 Å². The van der Waals surface area contributed by atoms with Gasteiger partial charge in [0.2, 0.25) is 0 Å². The van der Waals surface area contributed by atoms with Gasteiger partial charge in [0.05, 0.1) is 16.4 Å². The zero-order chi connectivity index (χ0) is 11.5. The number of aromatic nitrogens is 1. The summed E-state index contributed by atoms with van der Waals surface area (Å²) in [5.41, 5.74) is 7.26. The summed E-state index contributed by atoms with van der Waals surface area (Å²) in [6, 6.07) is 9.25. The van der Waals surface area contributed by atoms with Crippen LogP contribution in [-0.2, 0) is 0 Å². The fourth-order valence-corrected chi connectivity index (χ4v) is 1.98. The molecule has 2 rings (SSSR count). The van der Waals surface area contributed by atoms with Gasteiger partial charge >= 0.3 is 0 Å². The van der Waals surface area contributed by atoms with Crippen LogP contribution in [-0.4, -0.2) is 4.98 Å². The van der Waals surface area contributed by atoms with Gasteiger partial charge < -0.3 is 11.1 Å². The van der Waals surface area contributed by atoms with E-state index in [2.05, 4.69) is 26.2 Å². The molecule has 0 aliphatic rings. The first-order chi connectivity index (χ1) is 7.66. The molecule has 0 bridgehead atoms. The number of nitrogen functional groups attached to an aromatic ring is 1. The monoisotopic (exact) mass is 297 g/mol. The maximum absolute atomic E-state index is 6.08. The Kier molecular flexibility index (Phi) is 3.31. The van der Waals surface area contributed by atoms with Crippen LogP contribution in [0.25, 0.3) is 0 Å². The SMILES string of the molecule is Nc1ncccc1Nc1ccc(Br)cc1Cl. The van der Waals surface area contributed by atoms with Gasteiger partial charge in [0, 0.05) is 10.7 Å². The van der Waals surface area contributed by atoms with Gasteiger partial charge in [-0.15, -0.1) is 0 Å². The van der Waals surface area contributed by atoms with Crippen LogP contribution in [0.1, 0.15) is 0 Å². The van der Waals surface area contributed by atoms with E-state index < -0.39 is 0 Å². The summed E-state index contributed by atoms with van der Waals surface area (Å²) in [5, 5.41) is 3.75. The number of halogens is 2. The first-order valence-corrected chi connectivity index (χ1v) is 5.76. The molecule has 5 heteroatoms. The van der Waals surface area contributed by atoms with Crippen LogP contribution < -0.4 is 11.1 Å². The average molecular weight is 299 g/mol. The molecule has 0 fully saturated rings. The first-order valence-electron chi connectivity index (χ1n) is 4.59. The van der Waals surface area contributed by atoms with Crippen LogP contribution in [0.3, 0.4) is 0 Å². The highest BCUT2D eigenvalue weighted by atomic mass is 79.9. The Morgan fingerprint density at radius 2 is 2.06 bits per heavy atom. The Hall–Kier alpha value is -1.26. The smallest absolute Gasteiger partial charge is 0.147 e. The molecule has 0 aliphatic carbocycles. The first kappa shape index (κ1) is 11.2. The van der Waals surface area contributed by atoms with Crippen molar-refractivity contribution < 1.29 is 0 Å². The molecule has 3 nitrogen and oxygen atoms in total. The number of hydrogen-bond donors (Lipinski definition) is 2. The van der Waals surface area contributed by atoms with Crippen molar-refractivity contribution >= 4 is 44.7 Å². The molecule has 0 spiro atoms. The second-order valence-electron chi connectivity index (χ2n) is 3.19. The van der Waals surface area contributed by atoms with Crippen LogP contribution in [0, 0.1) is 0 Å². The molecule has 0 radical (unpaired) electrons. The molecule has 3 N–H and O–H groups in total. The summed E-state index contributed by atoms with van der Waals surface area (Å²) < 4.78 is 0.933. The molecular formula is C11H9BrClN3. The van der Waals surface area contributed by atoms with Gasteiger partial charge in [0.15, 0.2) is 0 Å². The molecule has 0 aliphatic heterocycles. The summed E-state index contributed by atoms with van der Waals surface area (Å²) in [5.74, 6) is 0.446. The zero-order valence-corrected chi connectivity index (χ0v) is 10.6. The maximum Gasteiger partial charge on any atom is 0.147 e. The van der Waals surface area contributed by atoms with Gasteiger partial charge in [-0.05, 0) is 30.3 Å². The normalized spacial score (nSPS) is 10.1. The molecule has 1 aromatic carbocycles. The highest BCUT2D eigenvalue weighted by molar-refractivity contribution is 9.10. The third kappa shape index (κ3) is 2.46. The van der Waals surface area contributed by atoms with Crippen LogP contribution in [0.2, 0.25) is 5.02 Å². The quantitative estimate of drug-likeness (QED) is 0.886. The van der Waals surface area contributed by atoms with Crippen LogP contribution >= 0.6 is 27.5 Å². The van der Waals surface area contributed by atoms with Gasteiger partial charge in [-0.3, -0.25) is 0 Å². The Labute approximate surface area is 107 Å². The van der Waals surface area contributed by atoms with E-state index in [1.807, 2.05) is 30.3 Å². The summed E-state index contributed by atoms with van der Waals surface area (Å²) in [4.78, 5) is 3.99. The van der Waals surface area contributed by atoms with E-state index in [9.17, 15) is 0 Å². The molecule has 16 heavy (non-hydrogen) atoms. The largest absolute Gasteiger partial charge is 0.382 e. The zero-order valence-electron chi connectivity index (χ0n) is 8.24. The second kappa shape index (κ2) is 4.72.